The first-order valence-corrected chi connectivity index (χ1v) is 10.9. The van der Waals surface area contributed by atoms with Crippen LogP contribution in [0, 0.1) is 6.92 Å². The highest BCUT2D eigenvalue weighted by atomic mass is 16.5. The van der Waals surface area contributed by atoms with Crippen LogP contribution in [0.2, 0.25) is 0 Å². The molecule has 1 amide bonds. The number of para-hydroxylation sites is 1. The van der Waals surface area contributed by atoms with Gasteiger partial charge in [0.1, 0.15) is 0 Å². The summed E-state index contributed by atoms with van der Waals surface area (Å²) in [6.07, 6.45) is 3.74. The molecule has 170 valence electrons. The van der Waals surface area contributed by atoms with Gasteiger partial charge in [0.25, 0.3) is 5.91 Å². The Morgan fingerprint density at radius 1 is 1.18 bits per heavy atom. The molecule has 4 aromatic rings. The van der Waals surface area contributed by atoms with Gasteiger partial charge in [0.2, 0.25) is 5.76 Å². The van der Waals surface area contributed by atoms with E-state index in [2.05, 4.69) is 5.16 Å². The van der Waals surface area contributed by atoms with Crippen LogP contribution in [0.5, 0.6) is 11.5 Å². The van der Waals surface area contributed by atoms with Gasteiger partial charge < -0.3 is 18.9 Å². The third-order valence-electron chi connectivity index (χ3n) is 5.97. The fourth-order valence-electron chi connectivity index (χ4n) is 4.34. The molecule has 1 aromatic carbocycles. The van der Waals surface area contributed by atoms with Crippen molar-refractivity contribution >= 4 is 11.6 Å². The maximum absolute atomic E-state index is 12.8. The first-order valence-electron chi connectivity index (χ1n) is 10.9. The zero-order valence-electron chi connectivity index (χ0n) is 18.8. The summed E-state index contributed by atoms with van der Waals surface area (Å²) in [6, 6.07) is 11.4. The minimum Gasteiger partial charge on any atom is -0.493 e. The van der Waals surface area contributed by atoms with Crippen molar-refractivity contribution in [2.45, 2.75) is 25.7 Å². The predicted molar refractivity (Wildman–Crippen MR) is 121 cm³/mol. The summed E-state index contributed by atoms with van der Waals surface area (Å²) >= 11 is 0. The fourth-order valence-corrected chi connectivity index (χ4v) is 4.34. The smallest absolute Gasteiger partial charge is 0.292 e. The van der Waals surface area contributed by atoms with Gasteiger partial charge in [-0.05, 0) is 38.0 Å². The molecule has 9 nitrogen and oxygen atoms in total. The van der Waals surface area contributed by atoms with Crippen molar-refractivity contribution in [1.29, 1.82) is 0 Å². The van der Waals surface area contributed by atoms with E-state index in [1.165, 1.54) is 0 Å². The Kier molecular flexibility index (Phi) is 5.45. The lowest BCUT2D eigenvalue weighted by atomic mass is 9.97. The van der Waals surface area contributed by atoms with E-state index in [1.807, 2.05) is 36.5 Å². The van der Waals surface area contributed by atoms with E-state index >= 15 is 0 Å². The first-order chi connectivity index (χ1) is 16.1. The number of likely N-dealkylation sites (tertiary alicyclic amines) is 1. The second-order valence-corrected chi connectivity index (χ2v) is 8.15. The molecular weight excluding hydrogens is 422 g/mol. The van der Waals surface area contributed by atoms with Crippen molar-refractivity contribution in [2.24, 2.45) is 0 Å². The average molecular weight is 447 g/mol. The van der Waals surface area contributed by atoms with Crippen LogP contribution in [0.4, 0.5) is 0 Å². The first kappa shape index (κ1) is 21.0. The zero-order valence-corrected chi connectivity index (χ0v) is 18.8. The number of aromatic nitrogens is 4. The lowest BCUT2D eigenvalue weighted by molar-refractivity contribution is 0.0662. The summed E-state index contributed by atoms with van der Waals surface area (Å²) in [5, 5.41) is 8.58. The molecule has 0 saturated carbocycles. The molecule has 3 aromatic heterocycles. The maximum atomic E-state index is 12.8. The minimum absolute atomic E-state index is 0.0569. The Bertz CT molecular complexity index is 1310. The van der Waals surface area contributed by atoms with Gasteiger partial charge in [-0.3, -0.25) is 4.79 Å². The molecule has 1 fully saturated rings. The number of benzene rings is 1. The van der Waals surface area contributed by atoms with Crippen LogP contribution >= 0.6 is 0 Å². The monoisotopic (exact) mass is 447 g/mol. The van der Waals surface area contributed by atoms with Gasteiger partial charge in [-0.1, -0.05) is 17.3 Å². The number of ether oxygens (including phenoxy) is 2. The molecule has 1 saturated heterocycles. The van der Waals surface area contributed by atoms with E-state index in [0.29, 0.717) is 30.3 Å². The quantitative estimate of drug-likeness (QED) is 0.460. The number of pyridine rings is 1. The highest BCUT2D eigenvalue weighted by Gasteiger charge is 2.29. The minimum atomic E-state index is -0.142. The van der Waals surface area contributed by atoms with Crippen molar-refractivity contribution in [3.8, 4) is 22.6 Å². The number of aryl methyl sites for hydroxylation is 1. The third kappa shape index (κ3) is 3.90. The Morgan fingerprint density at radius 3 is 2.82 bits per heavy atom. The van der Waals surface area contributed by atoms with Gasteiger partial charge in [0, 0.05) is 42.4 Å². The highest BCUT2D eigenvalue weighted by molar-refractivity contribution is 5.91. The molecule has 33 heavy (non-hydrogen) atoms. The summed E-state index contributed by atoms with van der Waals surface area (Å²) in [4.78, 5) is 19.3. The molecular formula is C24H25N5O4. The Morgan fingerprint density at radius 2 is 2.06 bits per heavy atom. The predicted octanol–water partition coefficient (Wildman–Crippen LogP) is 3.73. The van der Waals surface area contributed by atoms with Crippen LogP contribution in [-0.4, -0.2) is 57.9 Å². The van der Waals surface area contributed by atoms with Crippen LogP contribution in [0.3, 0.4) is 0 Å². The molecule has 0 unspecified atom stereocenters. The Balaban J connectivity index is 1.42. The molecule has 0 radical (unpaired) electrons. The van der Waals surface area contributed by atoms with Crippen LogP contribution in [0.25, 0.3) is 16.8 Å². The summed E-state index contributed by atoms with van der Waals surface area (Å²) < 4.78 is 18.0. The number of hydrogen-bond acceptors (Lipinski definition) is 7. The Labute approximate surface area is 190 Å². The number of carbonyl (C=O) groups excluding carboxylic acids is 1. The van der Waals surface area contributed by atoms with E-state index in [4.69, 9.17) is 24.1 Å². The lowest BCUT2D eigenvalue weighted by Crippen LogP contribution is -2.39. The molecule has 1 aliphatic heterocycles. The number of fused-ring (bicyclic) bond motifs is 1. The second-order valence-electron chi connectivity index (χ2n) is 8.15. The van der Waals surface area contributed by atoms with Crippen LogP contribution < -0.4 is 9.47 Å². The number of hydrogen-bond donors (Lipinski definition) is 0. The third-order valence-corrected chi connectivity index (χ3v) is 5.97. The molecule has 4 heterocycles. The topological polar surface area (TPSA) is 95.0 Å². The zero-order chi connectivity index (χ0) is 22.9. The fraction of sp³-hybridized carbons (Fsp3) is 0.333. The number of rotatable bonds is 5. The Hall–Kier alpha value is -3.88. The van der Waals surface area contributed by atoms with E-state index < -0.39 is 0 Å². The summed E-state index contributed by atoms with van der Waals surface area (Å²) in [5.74, 6) is 2.26. The summed E-state index contributed by atoms with van der Waals surface area (Å²) in [7, 11) is 3.25. The molecule has 1 atom stereocenters. The number of methoxy groups -OCH3 is 2. The largest absolute Gasteiger partial charge is 0.493 e. The van der Waals surface area contributed by atoms with Gasteiger partial charge in [-0.15, -0.1) is 0 Å². The maximum Gasteiger partial charge on any atom is 0.292 e. The van der Waals surface area contributed by atoms with Crippen molar-refractivity contribution in [2.75, 3.05) is 27.3 Å². The normalized spacial score (nSPS) is 16.2. The molecule has 0 bridgehead atoms. The molecule has 1 aliphatic rings. The van der Waals surface area contributed by atoms with Gasteiger partial charge in [0.15, 0.2) is 23.0 Å². The number of nitrogens with zero attached hydrogens (tertiary/aromatic N) is 5. The van der Waals surface area contributed by atoms with Crippen molar-refractivity contribution in [3.05, 3.63) is 59.9 Å². The van der Waals surface area contributed by atoms with Crippen molar-refractivity contribution < 1.29 is 18.8 Å². The molecule has 9 heteroatoms. The van der Waals surface area contributed by atoms with Gasteiger partial charge >= 0.3 is 0 Å². The van der Waals surface area contributed by atoms with Crippen LogP contribution in [0.15, 0.2) is 47.1 Å². The summed E-state index contributed by atoms with van der Waals surface area (Å²) in [6.45, 7) is 3.03. The molecule has 0 N–H and O–H groups in total. The van der Waals surface area contributed by atoms with Gasteiger partial charge in [0.05, 0.1) is 19.9 Å². The number of amides is 1. The standard InChI is InChI=1S/C24H25N5O4/c1-15-12-20(33-27-15)24(30)28-11-5-6-17(13-28)23-25-21-10-9-16(14-29(21)26-23)18-7-4-8-19(31-2)22(18)32-3/h4,7-10,12,14,17H,5-6,11,13H2,1-3H3/t17-/m0/s1. The number of piperidine rings is 1. The van der Waals surface area contributed by atoms with Gasteiger partial charge in [-0.25, -0.2) is 9.50 Å². The second kappa shape index (κ2) is 8.57. The van der Waals surface area contributed by atoms with Gasteiger partial charge in [-0.2, -0.15) is 5.10 Å². The van der Waals surface area contributed by atoms with E-state index in [-0.39, 0.29) is 17.6 Å². The van der Waals surface area contributed by atoms with E-state index in [9.17, 15) is 4.79 Å². The van der Waals surface area contributed by atoms with Crippen LogP contribution in [-0.2, 0) is 0 Å². The number of carbonyl (C=O) groups is 1. The summed E-state index contributed by atoms with van der Waals surface area (Å²) in [5.41, 5.74) is 3.30. The average Bonchev–Trinajstić information content (AvgIpc) is 3.48. The lowest BCUT2D eigenvalue weighted by Gasteiger charge is -2.30. The van der Waals surface area contributed by atoms with Crippen molar-refractivity contribution in [1.82, 2.24) is 24.7 Å². The van der Waals surface area contributed by atoms with E-state index in [1.54, 1.807) is 36.6 Å². The molecule has 0 aliphatic carbocycles. The molecule has 0 spiro atoms. The molecule has 5 rings (SSSR count). The van der Waals surface area contributed by atoms with E-state index in [0.717, 1.165) is 35.4 Å². The van der Waals surface area contributed by atoms with Crippen LogP contribution in [0.1, 0.15) is 40.8 Å². The van der Waals surface area contributed by atoms with Crippen molar-refractivity contribution in [3.63, 3.8) is 0 Å². The SMILES string of the molecule is COc1cccc(-c2ccc3nc([C@H]4CCCN(C(=O)c5cc(C)no5)C4)nn3c2)c1OC. The highest BCUT2D eigenvalue weighted by Crippen LogP contribution is 2.37.